The lowest BCUT2D eigenvalue weighted by atomic mass is 9.99. The van der Waals surface area contributed by atoms with Crippen molar-refractivity contribution in [2.24, 2.45) is 5.14 Å². The Hall–Kier alpha value is -0.960. The number of rotatable bonds is 2. The summed E-state index contributed by atoms with van der Waals surface area (Å²) >= 11 is 1.60. The summed E-state index contributed by atoms with van der Waals surface area (Å²) in [6.07, 6.45) is 4.54. The van der Waals surface area contributed by atoms with Crippen molar-refractivity contribution >= 4 is 27.5 Å². The molecule has 1 aliphatic heterocycles. The number of carbonyl (C=O) groups excluding carboxylic acids is 1. The van der Waals surface area contributed by atoms with Crippen molar-refractivity contribution in [2.45, 2.75) is 25.7 Å². The van der Waals surface area contributed by atoms with Gasteiger partial charge in [0.1, 0.15) is 0 Å². The zero-order valence-corrected chi connectivity index (χ0v) is 13.4. The molecule has 1 saturated heterocycles. The van der Waals surface area contributed by atoms with Gasteiger partial charge in [-0.25, -0.2) is 5.14 Å². The first-order valence-corrected chi connectivity index (χ1v) is 9.46. The molecule has 1 amide bonds. The molecule has 2 N–H and O–H groups in total. The Morgan fingerprint density at radius 2 is 1.81 bits per heavy atom. The summed E-state index contributed by atoms with van der Waals surface area (Å²) in [5.74, 6) is 0.0171. The summed E-state index contributed by atoms with van der Waals surface area (Å²) in [5, 5.41) is 5.11. The van der Waals surface area contributed by atoms with Gasteiger partial charge in [0.2, 0.25) is 0 Å². The van der Waals surface area contributed by atoms with Gasteiger partial charge < -0.3 is 4.90 Å². The third-order valence-corrected chi connectivity index (χ3v) is 6.40. The maximum absolute atomic E-state index is 12.5. The number of nitrogens with two attached hydrogens (primary N) is 1. The van der Waals surface area contributed by atoms with Gasteiger partial charge in [-0.1, -0.05) is 0 Å². The number of nitrogens with zero attached hydrogens (tertiary/aromatic N) is 2. The van der Waals surface area contributed by atoms with E-state index >= 15 is 0 Å². The Morgan fingerprint density at radius 1 is 1.14 bits per heavy atom. The van der Waals surface area contributed by atoms with Crippen molar-refractivity contribution in [3.8, 4) is 0 Å². The van der Waals surface area contributed by atoms with Crippen LogP contribution in [0.2, 0.25) is 0 Å². The Bertz CT molecular complexity index is 622. The molecular formula is C13H19N3O3S2. The summed E-state index contributed by atoms with van der Waals surface area (Å²) < 4.78 is 23.8. The van der Waals surface area contributed by atoms with Crippen molar-refractivity contribution in [1.82, 2.24) is 9.21 Å². The van der Waals surface area contributed by atoms with E-state index in [1.165, 1.54) is 27.6 Å². The van der Waals surface area contributed by atoms with Gasteiger partial charge in [0, 0.05) is 31.1 Å². The fourth-order valence-corrected chi connectivity index (χ4v) is 4.79. The van der Waals surface area contributed by atoms with E-state index in [-0.39, 0.29) is 19.0 Å². The third kappa shape index (κ3) is 3.13. The Kier molecular flexibility index (Phi) is 4.04. The predicted octanol–water partition coefficient (Wildman–Crippen LogP) is 0.588. The van der Waals surface area contributed by atoms with E-state index in [0.29, 0.717) is 13.1 Å². The van der Waals surface area contributed by atoms with Crippen LogP contribution in [0.4, 0.5) is 0 Å². The van der Waals surface area contributed by atoms with Gasteiger partial charge in [0.05, 0.1) is 4.88 Å². The first kappa shape index (κ1) is 15.0. The van der Waals surface area contributed by atoms with Crippen LogP contribution in [0.1, 0.15) is 33.0 Å². The van der Waals surface area contributed by atoms with Crippen LogP contribution in [0.15, 0.2) is 6.07 Å². The maximum atomic E-state index is 12.5. The van der Waals surface area contributed by atoms with Crippen LogP contribution in [0.25, 0.3) is 0 Å². The average Bonchev–Trinajstić information content (AvgIpc) is 2.89. The molecule has 0 unspecified atom stereocenters. The summed E-state index contributed by atoms with van der Waals surface area (Å²) in [6, 6.07) is 2.02. The highest BCUT2D eigenvalue weighted by Crippen LogP contribution is 2.30. The van der Waals surface area contributed by atoms with E-state index in [1.807, 2.05) is 6.07 Å². The minimum Gasteiger partial charge on any atom is -0.335 e. The topological polar surface area (TPSA) is 83.7 Å². The number of carbonyl (C=O) groups is 1. The molecule has 21 heavy (non-hydrogen) atoms. The maximum Gasteiger partial charge on any atom is 0.277 e. The number of amides is 1. The molecule has 1 aromatic heterocycles. The summed E-state index contributed by atoms with van der Waals surface area (Å²) in [5.41, 5.74) is 1.32. The molecule has 0 radical (unpaired) electrons. The minimum absolute atomic E-state index is 0.0171. The number of fused-ring (bicyclic) bond motifs is 1. The zero-order chi connectivity index (χ0) is 15.0. The number of thiophene rings is 1. The van der Waals surface area contributed by atoms with Gasteiger partial charge in [-0.3, -0.25) is 4.79 Å². The molecule has 8 heteroatoms. The highest BCUT2D eigenvalue weighted by Gasteiger charge is 2.28. The molecule has 1 fully saturated rings. The van der Waals surface area contributed by atoms with Crippen LogP contribution in [0.5, 0.6) is 0 Å². The van der Waals surface area contributed by atoms with Crippen molar-refractivity contribution in [3.05, 3.63) is 21.4 Å². The smallest absolute Gasteiger partial charge is 0.277 e. The number of hydrogen-bond acceptors (Lipinski definition) is 4. The molecule has 6 nitrogen and oxygen atoms in total. The number of aryl methyl sites for hydroxylation is 2. The average molecular weight is 329 g/mol. The molecule has 2 heterocycles. The normalized spacial score (nSPS) is 20.3. The van der Waals surface area contributed by atoms with Gasteiger partial charge >= 0.3 is 0 Å². The number of piperazine rings is 1. The second-order valence-electron chi connectivity index (χ2n) is 5.50. The first-order valence-electron chi connectivity index (χ1n) is 7.14. The molecule has 116 valence electrons. The van der Waals surface area contributed by atoms with E-state index in [2.05, 4.69) is 0 Å². The van der Waals surface area contributed by atoms with Crippen molar-refractivity contribution in [3.63, 3.8) is 0 Å². The zero-order valence-electron chi connectivity index (χ0n) is 11.7. The lowest BCUT2D eigenvalue weighted by Crippen LogP contribution is -2.52. The Morgan fingerprint density at radius 3 is 2.43 bits per heavy atom. The van der Waals surface area contributed by atoms with E-state index in [1.54, 1.807) is 16.2 Å². The lowest BCUT2D eigenvalue weighted by molar-refractivity contribution is 0.0702. The van der Waals surface area contributed by atoms with Crippen molar-refractivity contribution in [2.75, 3.05) is 26.2 Å². The van der Waals surface area contributed by atoms with Crippen LogP contribution in [0.3, 0.4) is 0 Å². The summed E-state index contributed by atoms with van der Waals surface area (Å²) in [6.45, 7) is 1.35. The largest absolute Gasteiger partial charge is 0.335 e. The minimum atomic E-state index is -3.64. The van der Waals surface area contributed by atoms with Gasteiger partial charge in [-0.15, -0.1) is 11.3 Å². The molecule has 1 aliphatic carbocycles. The summed E-state index contributed by atoms with van der Waals surface area (Å²) in [7, 11) is -3.64. The highest BCUT2D eigenvalue weighted by molar-refractivity contribution is 7.86. The SMILES string of the molecule is NS(=O)(=O)N1CCN(C(=O)c2cc3c(s2)CCCC3)CC1. The standard InChI is InChI=1S/C13H19N3O3S2/c14-21(18,19)16-7-5-15(6-8-16)13(17)12-9-10-3-1-2-4-11(10)20-12/h9H,1-8H2,(H2,14,18,19). The van der Waals surface area contributed by atoms with Gasteiger partial charge in [0.25, 0.3) is 16.1 Å². The van der Waals surface area contributed by atoms with Crippen molar-refractivity contribution < 1.29 is 13.2 Å². The van der Waals surface area contributed by atoms with E-state index in [0.717, 1.165) is 17.7 Å². The third-order valence-electron chi connectivity index (χ3n) is 4.09. The molecule has 0 spiro atoms. The molecule has 0 aromatic carbocycles. The van der Waals surface area contributed by atoms with E-state index < -0.39 is 10.2 Å². The quantitative estimate of drug-likeness (QED) is 0.862. The second kappa shape index (κ2) is 5.68. The molecular weight excluding hydrogens is 310 g/mol. The molecule has 2 aliphatic rings. The molecule has 0 atom stereocenters. The van der Waals surface area contributed by atoms with Gasteiger partial charge in [0.15, 0.2) is 0 Å². The van der Waals surface area contributed by atoms with Crippen LogP contribution in [-0.2, 0) is 23.1 Å². The molecule has 0 bridgehead atoms. The lowest BCUT2D eigenvalue weighted by Gasteiger charge is -2.32. The van der Waals surface area contributed by atoms with Crippen LogP contribution >= 0.6 is 11.3 Å². The fraction of sp³-hybridized carbons (Fsp3) is 0.615. The van der Waals surface area contributed by atoms with Crippen molar-refractivity contribution in [1.29, 1.82) is 0 Å². The monoisotopic (exact) mass is 329 g/mol. The Balaban J connectivity index is 1.68. The van der Waals surface area contributed by atoms with E-state index in [9.17, 15) is 13.2 Å². The van der Waals surface area contributed by atoms with Crippen LogP contribution in [0, 0.1) is 0 Å². The first-order chi connectivity index (χ1) is 9.95. The molecule has 0 saturated carbocycles. The summed E-state index contributed by atoms with van der Waals surface area (Å²) in [4.78, 5) is 16.4. The predicted molar refractivity (Wildman–Crippen MR) is 81.5 cm³/mol. The van der Waals surface area contributed by atoms with Crippen LogP contribution < -0.4 is 5.14 Å². The Labute approximate surface area is 128 Å². The van der Waals surface area contributed by atoms with E-state index in [4.69, 9.17) is 5.14 Å². The van der Waals surface area contributed by atoms with Gasteiger partial charge in [-0.05, 0) is 37.3 Å². The fourth-order valence-electron chi connectivity index (χ4n) is 2.90. The van der Waals surface area contributed by atoms with Gasteiger partial charge in [-0.2, -0.15) is 12.7 Å². The molecule has 1 aromatic rings. The highest BCUT2D eigenvalue weighted by atomic mass is 32.2. The number of hydrogen-bond donors (Lipinski definition) is 1. The molecule has 3 rings (SSSR count). The second-order valence-corrected chi connectivity index (χ2v) is 8.19. The van der Waals surface area contributed by atoms with Crippen LogP contribution in [-0.4, -0.2) is 49.7 Å².